The van der Waals surface area contributed by atoms with Crippen LogP contribution in [0.3, 0.4) is 0 Å². The molecule has 1 aliphatic heterocycles. The summed E-state index contributed by atoms with van der Waals surface area (Å²) in [6, 6.07) is 7.21. The van der Waals surface area contributed by atoms with Crippen molar-refractivity contribution in [1.82, 2.24) is 14.9 Å². The summed E-state index contributed by atoms with van der Waals surface area (Å²) in [5.74, 6) is 1.40. The van der Waals surface area contributed by atoms with Crippen molar-refractivity contribution in [1.29, 1.82) is 0 Å². The van der Waals surface area contributed by atoms with Gasteiger partial charge in [-0.25, -0.2) is 14.8 Å². The normalized spacial score (nSPS) is 14.3. The Balaban J connectivity index is 1.67. The first-order chi connectivity index (χ1) is 12.6. The maximum absolute atomic E-state index is 11.8. The van der Waals surface area contributed by atoms with E-state index in [4.69, 9.17) is 27.9 Å². The van der Waals surface area contributed by atoms with Crippen LogP contribution in [0.4, 0.5) is 22.1 Å². The third-order valence-corrected chi connectivity index (χ3v) is 4.82. The predicted molar refractivity (Wildman–Crippen MR) is 103 cm³/mol. The number of aromatic nitrogens is 2. The molecule has 1 aromatic heterocycles. The van der Waals surface area contributed by atoms with Gasteiger partial charge in [0.1, 0.15) is 18.0 Å². The molecule has 1 amide bonds. The van der Waals surface area contributed by atoms with E-state index in [0.29, 0.717) is 54.3 Å². The third kappa shape index (κ3) is 4.28. The van der Waals surface area contributed by atoms with Crippen LogP contribution >= 0.6 is 23.2 Å². The van der Waals surface area contributed by atoms with Crippen molar-refractivity contribution in [2.45, 2.75) is 6.92 Å². The molecule has 0 radical (unpaired) electrons. The fourth-order valence-corrected chi connectivity index (χ4v) is 3.01. The smallest absolute Gasteiger partial charge is 0.409 e. The van der Waals surface area contributed by atoms with Crippen LogP contribution in [-0.2, 0) is 4.74 Å². The number of piperazine rings is 1. The summed E-state index contributed by atoms with van der Waals surface area (Å²) in [5.41, 5.74) is 0.677. The highest BCUT2D eigenvalue weighted by molar-refractivity contribution is 6.43. The molecule has 26 heavy (non-hydrogen) atoms. The van der Waals surface area contributed by atoms with Crippen molar-refractivity contribution in [3.8, 4) is 0 Å². The topological polar surface area (TPSA) is 70.6 Å². The number of halogens is 2. The minimum Gasteiger partial charge on any atom is -0.450 e. The number of nitrogens with zero attached hydrogens (tertiary/aromatic N) is 4. The average molecular weight is 396 g/mol. The van der Waals surface area contributed by atoms with E-state index in [9.17, 15) is 4.79 Å². The van der Waals surface area contributed by atoms with E-state index in [1.807, 2.05) is 18.2 Å². The molecule has 1 aromatic carbocycles. The van der Waals surface area contributed by atoms with Gasteiger partial charge in [0.2, 0.25) is 0 Å². The lowest BCUT2D eigenvalue weighted by molar-refractivity contribution is 0.105. The van der Waals surface area contributed by atoms with E-state index in [1.165, 1.54) is 6.33 Å². The second-order valence-corrected chi connectivity index (χ2v) is 6.45. The van der Waals surface area contributed by atoms with E-state index in [0.717, 1.165) is 5.82 Å². The molecule has 0 saturated carbocycles. The van der Waals surface area contributed by atoms with Gasteiger partial charge in [0, 0.05) is 32.2 Å². The van der Waals surface area contributed by atoms with Gasteiger partial charge < -0.3 is 19.9 Å². The molecule has 7 nitrogen and oxygen atoms in total. The molecule has 0 atom stereocenters. The zero-order valence-electron chi connectivity index (χ0n) is 14.3. The summed E-state index contributed by atoms with van der Waals surface area (Å²) in [6.45, 7) is 4.71. The SMILES string of the molecule is CCOC(=O)N1CCN(c2cc(Nc3cccc(Cl)c3Cl)ncn2)CC1. The third-order valence-electron chi connectivity index (χ3n) is 4.00. The molecule has 1 saturated heterocycles. The summed E-state index contributed by atoms with van der Waals surface area (Å²) < 4.78 is 5.04. The maximum atomic E-state index is 11.8. The molecule has 9 heteroatoms. The van der Waals surface area contributed by atoms with E-state index in [1.54, 1.807) is 17.9 Å². The Bertz CT molecular complexity index is 781. The Morgan fingerprint density at radius 2 is 2.00 bits per heavy atom. The molecule has 0 unspecified atom stereocenters. The summed E-state index contributed by atoms with van der Waals surface area (Å²) in [4.78, 5) is 24.1. The molecule has 0 spiro atoms. The van der Waals surface area contributed by atoms with Crippen molar-refractivity contribution < 1.29 is 9.53 Å². The molecule has 2 aromatic rings. The monoisotopic (exact) mass is 395 g/mol. The standard InChI is InChI=1S/C17H19Cl2N5O2/c1-2-26-17(25)24-8-6-23(7-9-24)15-10-14(20-11-21-15)22-13-5-3-4-12(18)16(13)19/h3-5,10-11H,2,6-9H2,1H3,(H,20,21,22). The first-order valence-electron chi connectivity index (χ1n) is 8.28. The number of benzene rings is 1. The first-order valence-corrected chi connectivity index (χ1v) is 9.04. The van der Waals surface area contributed by atoms with Gasteiger partial charge in [0.15, 0.2) is 0 Å². The molecular weight excluding hydrogens is 377 g/mol. The van der Waals surface area contributed by atoms with E-state index in [-0.39, 0.29) is 6.09 Å². The van der Waals surface area contributed by atoms with Crippen LogP contribution in [0.1, 0.15) is 6.92 Å². The Morgan fingerprint density at radius 3 is 2.73 bits per heavy atom. The maximum Gasteiger partial charge on any atom is 0.409 e. The van der Waals surface area contributed by atoms with Crippen molar-refractivity contribution in [3.63, 3.8) is 0 Å². The number of carbonyl (C=O) groups is 1. The molecule has 138 valence electrons. The van der Waals surface area contributed by atoms with Crippen LogP contribution in [0.5, 0.6) is 0 Å². The fourth-order valence-electron chi connectivity index (χ4n) is 2.66. The molecule has 0 bridgehead atoms. The van der Waals surface area contributed by atoms with Gasteiger partial charge >= 0.3 is 6.09 Å². The van der Waals surface area contributed by atoms with Crippen LogP contribution in [0, 0.1) is 0 Å². The summed E-state index contributed by atoms with van der Waals surface area (Å²) in [7, 11) is 0. The van der Waals surface area contributed by atoms with Crippen LogP contribution in [0.15, 0.2) is 30.6 Å². The first kappa shape index (κ1) is 18.5. The van der Waals surface area contributed by atoms with Crippen LogP contribution in [0.25, 0.3) is 0 Å². The summed E-state index contributed by atoms with van der Waals surface area (Å²) in [6.07, 6.45) is 1.22. The van der Waals surface area contributed by atoms with Crippen molar-refractivity contribution in [2.75, 3.05) is 43.0 Å². The van der Waals surface area contributed by atoms with Gasteiger partial charge in [-0.3, -0.25) is 0 Å². The molecule has 0 aliphatic carbocycles. The van der Waals surface area contributed by atoms with Gasteiger partial charge in [-0.1, -0.05) is 29.3 Å². The molecule has 3 rings (SSSR count). The van der Waals surface area contributed by atoms with Crippen molar-refractivity contribution in [3.05, 3.63) is 40.6 Å². The van der Waals surface area contributed by atoms with Crippen LogP contribution in [-0.4, -0.2) is 53.7 Å². The number of nitrogens with one attached hydrogen (secondary N) is 1. The quantitative estimate of drug-likeness (QED) is 0.848. The number of ether oxygens (including phenoxy) is 1. The second-order valence-electron chi connectivity index (χ2n) is 5.66. The Labute approximate surface area is 161 Å². The minimum atomic E-state index is -0.271. The molecular formula is C17H19Cl2N5O2. The van der Waals surface area contributed by atoms with Gasteiger partial charge in [0.05, 0.1) is 22.3 Å². The van der Waals surface area contributed by atoms with Gasteiger partial charge in [0.25, 0.3) is 0 Å². The molecule has 1 N–H and O–H groups in total. The Hall–Kier alpha value is -2.25. The lowest BCUT2D eigenvalue weighted by Gasteiger charge is -2.34. The number of carbonyl (C=O) groups excluding carboxylic acids is 1. The van der Waals surface area contributed by atoms with Gasteiger partial charge in [-0.2, -0.15) is 0 Å². The summed E-state index contributed by atoms with van der Waals surface area (Å²) in [5, 5.41) is 4.07. The van der Waals surface area contributed by atoms with Gasteiger partial charge in [-0.05, 0) is 19.1 Å². The Kier molecular flexibility index (Phi) is 6.00. The zero-order valence-corrected chi connectivity index (χ0v) is 15.8. The fraction of sp³-hybridized carbons (Fsp3) is 0.353. The van der Waals surface area contributed by atoms with Crippen LogP contribution < -0.4 is 10.2 Å². The number of amides is 1. The number of anilines is 3. The van der Waals surface area contributed by atoms with Crippen molar-refractivity contribution in [2.24, 2.45) is 0 Å². The van der Waals surface area contributed by atoms with Gasteiger partial charge in [-0.15, -0.1) is 0 Å². The highest BCUT2D eigenvalue weighted by Crippen LogP contribution is 2.31. The lowest BCUT2D eigenvalue weighted by atomic mass is 10.3. The van der Waals surface area contributed by atoms with E-state index >= 15 is 0 Å². The van der Waals surface area contributed by atoms with Crippen molar-refractivity contribution >= 4 is 46.6 Å². The van der Waals surface area contributed by atoms with E-state index < -0.39 is 0 Å². The second kappa shape index (κ2) is 8.42. The van der Waals surface area contributed by atoms with Crippen LogP contribution in [0.2, 0.25) is 10.0 Å². The molecule has 1 aliphatic rings. The number of rotatable bonds is 4. The zero-order chi connectivity index (χ0) is 18.5. The minimum absolute atomic E-state index is 0.271. The molecule has 1 fully saturated rings. The highest BCUT2D eigenvalue weighted by Gasteiger charge is 2.22. The highest BCUT2D eigenvalue weighted by atomic mass is 35.5. The number of hydrogen-bond acceptors (Lipinski definition) is 6. The largest absolute Gasteiger partial charge is 0.450 e. The lowest BCUT2D eigenvalue weighted by Crippen LogP contribution is -2.49. The predicted octanol–water partition coefficient (Wildman–Crippen LogP) is 3.81. The molecule has 2 heterocycles. The average Bonchev–Trinajstić information content (AvgIpc) is 2.66. The summed E-state index contributed by atoms with van der Waals surface area (Å²) >= 11 is 12.2. The van der Waals surface area contributed by atoms with E-state index in [2.05, 4.69) is 20.2 Å². The number of hydrogen-bond donors (Lipinski definition) is 1. The Morgan fingerprint density at radius 1 is 1.23 bits per heavy atom.